The van der Waals surface area contributed by atoms with Gasteiger partial charge in [-0.25, -0.2) is 18.0 Å². The molecule has 0 unspecified atom stereocenters. The van der Waals surface area contributed by atoms with Crippen molar-refractivity contribution in [1.29, 1.82) is 0 Å². The van der Waals surface area contributed by atoms with Crippen molar-refractivity contribution in [2.24, 2.45) is 0 Å². The molecule has 0 amide bonds. The van der Waals surface area contributed by atoms with Crippen LogP contribution in [0.25, 0.3) is 11.1 Å². The van der Waals surface area contributed by atoms with Crippen LogP contribution >= 0.6 is 0 Å². The van der Waals surface area contributed by atoms with Crippen LogP contribution in [0.15, 0.2) is 30.3 Å². The first-order chi connectivity index (χ1) is 10.5. The molecule has 3 nitrogen and oxygen atoms in total. The van der Waals surface area contributed by atoms with E-state index in [0.29, 0.717) is 18.7 Å². The van der Waals surface area contributed by atoms with E-state index < -0.39 is 29.0 Å². The molecule has 1 N–H and O–H groups in total. The van der Waals surface area contributed by atoms with Crippen LogP contribution in [-0.4, -0.2) is 17.7 Å². The predicted octanol–water partition coefficient (Wildman–Crippen LogP) is 4.01. The lowest BCUT2D eigenvalue weighted by atomic mass is 9.94. The van der Waals surface area contributed by atoms with Gasteiger partial charge in [-0.15, -0.1) is 0 Å². The highest BCUT2D eigenvalue weighted by Crippen LogP contribution is 2.32. The Morgan fingerprint density at radius 2 is 1.82 bits per heavy atom. The average Bonchev–Trinajstić information content (AvgIpc) is 2.43. The van der Waals surface area contributed by atoms with E-state index in [9.17, 15) is 23.1 Å². The van der Waals surface area contributed by atoms with Gasteiger partial charge in [-0.3, -0.25) is 0 Å². The average molecular weight is 310 g/mol. The second kappa shape index (κ2) is 6.62. The zero-order valence-electron chi connectivity index (χ0n) is 11.7. The van der Waals surface area contributed by atoms with Crippen molar-refractivity contribution in [2.45, 2.75) is 13.5 Å². The topological polar surface area (TPSA) is 46.5 Å². The van der Waals surface area contributed by atoms with Crippen molar-refractivity contribution in [3.8, 4) is 11.1 Å². The zero-order valence-corrected chi connectivity index (χ0v) is 11.7. The SMILES string of the molecule is CCOCc1cccc(-c2c(F)cc(F)cc2F)c1C(=O)O. The fourth-order valence-corrected chi connectivity index (χ4v) is 2.19. The maximum Gasteiger partial charge on any atom is 0.336 e. The molecular weight excluding hydrogens is 297 g/mol. The molecule has 2 aromatic rings. The largest absolute Gasteiger partial charge is 0.478 e. The van der Waals surface area contributed by atoms with Crippen molar-refractivity contribution in [3.05, 3.63) is 58.9 Å². The number of carbonyl (C=O) groups is 1. The molecule has 0 spiro atoms. The van der Waals surface area contributed by atoms with E-state index in [1.165, 1.54) is 18.2 Å². The van der Waals surface area contributed by atoms with E-state index >= 15 is 0 Å². The van der Waals surface area contributed by atoms with Crippen molar-refractivity contribution in [1.82, 2.24) is 0 Å². The molecule has 0 saturated heterocycles. The van der Waals surface area contributed by atoms with E-state index in [0.717, 1.165) is 0 Å². The van der Waals surface area contributed by atoms with Crippen LogP contribution < -0.4 is 0 Å². The summed E-state index contributed by atoms with van der Waals surface area (Å²) < 4.78 is 46.0. The Bertz CT molecular complexity index is 691. The van der Waals surface area contributed by atoms with Gasteiger partial charge in [0.25, 0.3) is 0 Å². The smallest absolute Gasteiger partial charge is 0.336 e. The Morgan fingerprint density at radius 1 is 1.18 bits per heavy atom. The fourth-order valence-electron chi connectivity index (χ4n) is 2.19. The molecule has 22 heavy (non-hydrogen) atoms. The lowest BCUT2D eigenvalue weighted by Crippen LogP contribution is -2.08. The number of rotatable bonds is 5. The lowest BCUT2D eigenvalue weighted by Gasteiger charge is -2.13. The second-order valence-corrected chi connectivity index (χ2v) is 4.53. The molecule has 0 radical (unpaired) electrons. The van der Waals surface area contributed by atoms with Gasteiger partial charge in [0.05, 0.1) is 17.7 Å². The molecule has 6 heteroatoms. The van der Waals surface area contributed by atoms with E-state index in [1.54, 1.807) is 6.92 Å². The summed E-state index contributed by atoms with van der Waals surface area (Å²) in [6.07, 6.45) is 0. The molecule has 0 aliphatic heterocycles. The van der Waals surface area contributed by atoms with Crippen LogP contribution in [0.1, 0.15) is 22.8 Å². The van der Waals surface area contributed by atoms with Crippen LogP contribution in [0.3, 0.4) is 0 Å². The molecule has 0 atom stereocenters. The van der Waals surface area contributed by atoms with Gasteiger partial charge in [0.15, 0.2) is 0 Å². The van der Waals surface area contributed by atoms with E-state index in [1.807, 2.05) is 0 Å². The van der Waals surface area contributed by atoms with Crippen molar-refractivity contribution >= 4 is 5.97 Å². The summed E-state index contributed by atoms with van der Waals surface area (Å²) in [4.78, 5) is 11.5. The van der Waals surface area contributed by atoms with Gasteiger partial charge in [-0.1, -0.05) is 18.2 Å². The van der Waals surface area contributed by atoms with Gasteiger partial charge < -0.3 is 9.84 Å². The number of ether oxygens (including phenoxy) is 1. The summed E-state index contributed by atoms with van der Waals surface area (Å²) in [5.41, 5.74) is -0.702. The van der Waals surface area contributed by atoms with Gasteiger partial charge in [0.1, 0.15) is 17.5 Å². The zero-order chi connectivity index (χ0) is 16.3. The minimum atomic E-state index is -1.34. The Balaban J connectivity index is 2.68. The quantitative estimate of drug-likeness (QED) is 0.908. The molecule has 0 aliphatic carbocycles. The summed E-state index contributed by atoms with van der Waals surface area (Å²) in [5.74, 6) is -4.73. The summed E-state index contributed by atoms with van der Waals surface area (Å²) in [6, 6.07) is 5.27. The minimum Gasteiger partial charge on any atom is -0.478 e. The third-order valence-electron chi connectivity index (χ3n) is 3.10. The summed E-state index contributed by atoms with van der Waals surface area (Å²) >= 11 is 0. The first kappa shape index (κ1) is 16.0. The normalized spacial score (nSPS) is 10.7. The summed E-state index contributed by atoms with van der Waals surface area (Å²) in [7, 11) is 0. The molecule has 0 aromatic heterocycles. The number of carboxylic acids is 1. The maximum atomic E-state index is 13.9. The molecule has 116 valence electrons. The van der Waals surface area contributed by atoms with Crippen LogP contribution in [0.4, 0.5) is 13.2 Å². The highest BCUT2D eigenvalue weighted by Gasteiger charge is 2.22. The monoisotopic (exact) mass is 310 g/mol. The van der Waals surface area contributed by atoms with Gasteiger partial charge in [-0.2, -0.15) is 0 Å². The molecule has 2 aromatic carbocycles. The first-order valence-corrected chi connectivity index (χ1v) is 6.53. The van der Waals surface area contributed by atoms with Crippen LogP contribution in [0.5, 0.6) is 0 Å². The van der Waals surface area contributed by atoms with Gasteiger partial charge in [-0.05, 0) is 12.5 Å². The first-order valence-electron chi connectivity index (χ1n) is 6.53. The maximum absolute atomic E-state index is 13.9. The number of halogens is 3. The molecule has 0 heterocycles. The van der Waals surface area contributed by atoms with Crippen LogP contribution in [-0.2, 0) is 11.3 Å². The lowest BCUT2D eigenvalue weighted by molar-refractivity contribution is 0.0689. The Morgan fingerprint density at radius 3 is 2.36 bits per heavy atom. The van der Waals surface area contributed by atoms with Crippen molar-refractivity contribution in [3.63, 3.8) is 0 Å². The Hall–Kier alpha value is -2.34. The second-order valence-electron chi connectivity index (χ2n) is 4.53. The molecule has 0 aliphatic rings. The number of benzene rings is 2. The molecule has 0 bridgehead atoms. The molecule has 2 rings (SSSR count). The van der Waals surface area contributed by atoms with Crippen molar-refractivity contribution < 1.29 is 27.8 Å². The number of carboxylic acid groups (broad SMARTS) is 1. The highest BCUT2D eigenvalue weighted by atomic mass is 19.1. The van der Waals surface area contributed by atoms with E-state index in [-0.39, 0.29) is 23.3 Å². The van der Waals surface area contributed by atoms with Gasteiger partial charge in [0, 0.05) is 24.3 Å². The predicted molar refractivity (Wildman–Crippen MR) is 74.0 cm³/mol. The van der Waals surface area contributed by atoms with Gasteiger partial charge in [0.2, 0.25) is 0 Å². The number of aromatic carboxylic acids is 1. The third-order valence-corrected chi connectivity index (χ3v) is 3.10. The molecular formula is C16H13F3O3. The van der Waals surface area contributed by atoms with Crippen molar-refractivity contribution in [2.75, 3.05) is 6.61 Å². The summed E-state index contributed by atoms with van der Waals surface area (Å²) in [5, 5.41) is 9.37. The molecule has 0 fully saturated rings. The fraction of sp³-hybridized carbons (Fsp3) is 0.188. The highest BCUT2D eigenvalue weighted by molar-refractivity contribution is 5.97. The third kappa shape index (κ3) is 3.12. The standard InChI is InChI=1S/C16H13F3O3/c1-2-22-8-9-4-3-5-11(14(9)16(20)21)15-12(18)6-10(17)7-13(15)19/h3-7H,2,8H2,1H3,(H,20,21). The Kier molecular flexibility index (Phi) is 4.82. The van der Waals surface area contributed by atoms with Crippen LogP contribution in [0, 0.1) is 17.5 Å². The van der Waals surface area contributed by atoms with Gasteiger partial charge >= 0.3 is 5.97 Å². The Labute approximate surface area is 125 Å². The molecule has 0 saturated carbocycles. The summed E-state index contributed by atoms with van der Waals surface area (Å²) in [6.45, 7) is 2.10. The minimum absolute atomic E-state index is 0.00357. The van der Waals surface area contributed by atoms with E-state index in [4.69, 9.17) is 4.74 Å². The van der Waals surface area contributed by atoms with Crippen LogP contribution in [0.2, 0.25) is 0 Å². The number of hydrogen-bond acceptors (Lipinski definition) is 2. The number of hydrogen-bond donors (Lipinski definition) is 1. The van der Waals surface area contributed by atoms with E-state index in [2.05, 4.69) is 0 Å².